The van der Waals surface area contributed by atoms with Crippen LogP contribution in [0.2, 0.25) is 0 Å². The molecule has 0 spiro atoms. The lowest BCUT2D eigenvalue weighted by molar-refractivity contribution is -0.140. The Morgan fingerprint density at radius 1 is 0.652 bits per heavy atom. The summed E-state index contributed by atoms with van der Waals surface area (Å²) < 4.78 is 11.0. The van der Waals surface area contributed by atoms with E-state index in [1.54, 1.807) is 0 Å². The smallest absolute Gasteiger partial charge is 0.349 e. The number of likely N-dealkylation sites (tertiary alicyclic amines) is 2. The van der Waals surface area contributed by atoms with Crippen LogP contribution in [0.1, 0.15) is 105 Å². The van der Waals surface area contributed by atoms with Crippen molar-refractivity contribution in [2.45, 2.75) is 105 Å². The van der Waals surface area contributed by atoms with Gasteiger partial charge < -0.3 is 30.7 Å². The second-order valence-corrected chi connectivity index (χ2v) is 14.8. The van der Waals surface area contributed by atoms with E-state index in [4.69, 9.17) is 20.9 Å². The Bertz CT molecular complexity index is 1290. The Kier molecular flexibility index (Phi) is 11.5. The van der Waals surface area contributed by atoms with Crippen LogP contribution < -0.4 is 11.5 Å². The number of allylic oxidation sites excluding steroid dienone is 4. The molecule has 250 valence electrons. The summed E-state index contributed by atoms with van der Waals surface area (Å²) in [6, 6.07) is 4.15. The molecule has 4 N–H and O–H groups in total. The fourth-order valence-corrected chi connectivity index (χ4v) is 7.21. The average molecular weight is 633 g/mol. The predicted molar refractivity (Wildman–Crippen MR) is 176 cm³/mol. The van der Waals surface area contributed by atoms with Crippen LogP contribution in [0.15, 0.2) is 45.1 Å². The first-order valence-electron chi connectivity index (χ1n) is 17.0. The summed E-state index contributed by atoms with van der Waals surface area (Å²) in [6.45, 7) is 12.7. The molecule has 0 radical (unpaired) electrons. The number of hydrogen-bond donors (Lipinski definition) is 2. The van der Waals surface area contributed by atoms with Crippen molar-refractivity contribution >= 4 is 11.9 Å². The molecule has 4 aliphatic rings. The van der Waals surface area contributed by atoms with Crippen molar-refractivity contribution < 1.29 is 19.1 Å². The van der Waals surface area contributed by atoms with Crippen molar-refractivity contribution in [3.05, 3.63) is 45.1 Å². The zero-order valence-electron chi connectivity index (χ0n) is 28.3. The predicted octanol–water partition coefficient (Wildman–Crippen LogP) is 5.45. The second kappa shape index (κ2) is 15.1. The maximum absolute atomic E-state index is 13.0. The molecular formula is C36H52N6O4. The standard InChI is InChI=1S/C36H52N6O4/c1-35(2)19-25(31(39)29(21-35)41-13-7-8-14-41)27(23-37)33(43)45-17-11-5-6-12-18-46-34(44)28(24-38)26-20-36(3,4)22-30(32(26)40)42-15-9-10-16-42/h5-22,39-40H2,1-4H3/b27-25+,28-26+. The molecule has 10 nitrogen and oxygen atoms in total. The van der Waals surface area contributed by atoms with Crippen LogP contribution in [0.5, 0.6) is 0 Å². The fourth-order valence-electron chi connectivity index (χ4n) is 7.21. The summed E-state index contributed by atoms with van der Waals surface area (Å²) in [5.74, 6) is -1.26. The molecule has 0 bridgehead atoms. The maximum Gasteiger partial charge on any atom is 0.349 e. The van der Waals surface area contributed by atoms with Gasteiger partial charge in [0, 0.05) is 48.7 Å². The Hall–Kier alpha value is -3.92. The largest absolute Gasteiger partial charge is 0.462 e. The van der Waals surface area contributed by atoms with Crippen LogP contribution in [0.3, 0.4) is 0 Å². The van der Waals surface area contributed by atoms with Gasteiger partial charge in [-0.1, -0.05) is 27.7 Å². The highest BCUT2D eigenvalue weighted by atomic mass is 16.5. The fraction of sp³-hybridized carbons (Fsp3) is 0.667. The third kappa shape index (κ3) is 8.46. The van der Waals surface area contributed by atoms with Gasteiger partial charge in [-0.3, -0.25) is 0 Å². The lowest BCUT2D eigenvalue weighted by Gasteiger charge is -2.38. The van der Waals surface area contributed by atoms with Crippen molar-refractivity contribution in [3.8, 4) is 12.1 Å². The summed E-state index contributed by atoms with van der Waals surface area (Å²) in [4.78, 5) is 30.5. The van der Waals surface area contributed by atoms with E-state index in [1.807, 2.05) is 0 Å². The van der Waals surface area contributed by atoms with E-state index < -0.39 is 11.9 Å². The molecule has 0 saturated carbocycles. The average Bonchev–Trinajstić information content (AvgIpc) is 3.73. The van der Waals surface area contributed by atoms with Crippen LogP contribution in [0.25, 0.3) is 0 Å². The normalized spacial score (nSPS) is 23.2. The van der Waals surface area contributed by atoms with Crippen molar-refractivity contribution in [2.75, 3.05) is 39.4 Å². The third-order valence-corrected chi connectivity index (χ3v) is 9.59. The van der Waals surface area contributed by atoms with Crippen LogP contribution in [0.4, 0.5) is 0 Å². The van der Waals surface area contributed by atoms with Crippen LogP contribution in [0, 0.1) is 33.5 Å². The molecular weight excluding hydrogens is 580 g/mol. The molecule has 2 heterocycles. The zero-order chi connectivity index (χ0) is 33.5. The Morgan fingerprint density at radius 3 is 1.33 bits per heavy atom. The van der Waals surface area contributed by atoms with Gasteiger partial charge >= 0.3 is 11.9 Å². The molecule has 2 aliphatic heterocycles. The monoisotopic (exact) mass is 632 g/mol. The third-order valence-electron chi connectivity index (χ3n) is 9.59. The molecule has 0 atom stereocenters. The van der Waals surface area contributed by atoms with E-state index >= 15 is 0 Å². The summed E-state index contributed by atoms with van der Waals surface area (Å²) in [5.41, 5.74) is 17.3. The van der Waals surface area contributed by atoms with Crippen molar-refractivity contribution in [1.82, 2.24) is 9.80 Å². The number of carbonyl (C=O) groups excluding carboxylic acids is 2. The van der Waals surface area contributed by atoms with Crippen LogP contribution >= 0.6 is 0 Å². The van der Waals surface area contributed by atoms with Gasteiger partial charge in [0.2, 0.25) is 0 Å². The molecule has 2 saturated heterocycles. The van der Waals surface area contributed by atoms with E-state index in [2.05, 4.69) is 49.6 Å². The Balaban J connectivity index is 1.25. The summed E-state index contributed by atoms with van der Waals surface area (Å²) in [6.07, 6.45) is 9.98. The number of ether oxygens (including phenoxy) is 2. The molecule has 46 heavy (non-hydrogen) atoms. The number of rotatable bonds is 11. The lowest BCUT2D eigenvalue weighted by atomic mass is 9.74. The van der Waals surface area contributed by atoms with E-state index in [1.165, 1.54) is 0 Å². The molecule has 0 amide bonds. The maximum atomic E-state index is 13.0. The van der Waals surface area contributed by atoms with Gasteiger partial charge in [0.1, 0.15) is 23.3 Å². The van der Waals surface area contributed by atoms with Crippen LogP contribution in [-0.4, -0.2) is 61.1 Å². The molecule has 10 heteroatoms. The number of esters is 2. The highest BCUT2D eigenvalue weighted by Gasteiger charge is 2.37. The van der Waals surface area contributed by atoms with Crippen molar-refractivity contribution in [3.63, 3.8) is 0 Å². The quantitative estimate of drug-likeness (QED) is 0.130. The Labute approximate surface area is 274 Å². The van der Waals surface area contributed by atoms with E-state index in [9.17, 15) is 20.1 Å². The molecule has 0 unspecified atom stereocenters. The molecule has 2 aliphatic carbocycles. The molecule has 0 aromatic heterocycles. The highest BCUT2D eigenvalue weighted by molar-refractivity contribution is 5.95. The number of carbonyl (C=O) groups is 2. The summed E-state index contributed by atoms with van der Waals surface area (Å²) in [7, 11) is 0. The van der Waals surface area contributed by atoms with E-state index in [-0.39, 0.29) is 35.2 Å². The van der Waals surface area contributed by atoms with Gasteiger partial charge in [-0.2, -0.15) is 10.5 Å². The topological polar surface area (TPSA) is 159 Å². The molecule has 0 aromatic rings. The number of hydrogen-bond acceptors (Lipinski definition) is 10. The van der Waals surface area contributed by atoms with Crippen LogP contribution in [-0.2, 0) is 19.1 Å². The number of unbranched alkanes of at least 4 members (excludes halogenated alkanes) is 3. The van der Waals surface area contributed by atoms with E-state index in [0.717, 1.165) is 88.9 Å². The van der Waals surface area contributed by atoms with Crippen molar-refractivity contribution in [1.29, 1.82) is 10.5 Å². The van der Waals surface area contributed by atoms with Gasteiger partial charge in [0.15, 0.2) is 0 Å². The lowest BCUT2D eigenvalue weighted by Crippen LogP contribution is -2.33. The zero-order valence-corrected chi connectivity index (χ0v) is 28.3. The highest BCUT2D eigenvalue weighted by Crippen LogP contribution is 2.44. The number of nitrogens with zero attached hydrogens (tertiary/aromatic N) is 4. The first-order valence-corrected chi connectivity index (χ1v) is 17.0. The van der Waals surface area contributed by atoms with Crippen molar-refractivity contribution in [2.24, 2.45) is 22.3 Å². The molecule has 2 fully saturated rings. The number of nitrogens with two attached hydrogens (primary N) is 2. The van der Waals surface area contributed by atoms with Gasteiger partial charge in [-0.25, -0.2) is 9.59 Å². The Morgan fingerprint density at radius 2 is 1.00 bits per heavy atom. The van der Waals surface area contributed by atoms with Gasteiger partial charge in [-0.15, -0.1) is 0 Å². The second-order valence-electron chi connectivity index (χ2n) is 14.8. The van der Waals surface area contributed by atoms with Gasteiger partial charge in [-0.05, 0) is 87.9 Å². The van der Waals surface area contributed by atoms with Gasteiger partial charge in [0.25, 0.3) is 0 Å². The first kappa shape index (κ1) is 34.9. The van der Waals surface area contributed by atoms with E-state index in [0.29, 0.717) is 48.2 Å². The summed E-state index contributed by atoms with van der Waals surface area (Å²) >= 11 is 0. The molecule has 4 rings (SSSR count). The minimum atomic E-state index is -0.628. The number of nitriles is 2. The minimum absolute atomic E-state index is 0.000636. The SMILES string of the molecule is CC1(C)CC(N2CCCC2)=C(N)/C(=C(\C#N)C(=O)OCCCCCCOC(=O)/C(C#N)=C2\CC(C)(C)CC(N3CCCC3)=C2N)C1. The van der Waals surface area contributed by atoms with Gasteiger partial charge in [0.05, 0.1) is 24.6 Å². The molecule has 0 aromatic carbocycles. The first-order chi connectivity index (χ1) is 21.9. The summed E-state index contributed by atoms with van der Waals surface area (Å²) in [5, 5.41) is 19.8. The minimum Gasteiger partial charge on any atom is -0.462 e.